The van der Waals surface area contributed by atoms with E-state index in [2.05, 4.69) is 33.9 Å². The molecule has 0 saturated carbocycles. The molecule has 1 aromatic heterocycles. The van der Waals surface area contributed by atoms with Crippen LogP contribution in [0.3, 0.4) is 0 Å². The molecule has 0 radical (unpaired) electrons. The normalized spacial score (nSPS) is 30.3. The van der Waals surface area contributed by atoms with Crippen molar-refractivity contribution in [3.05, 3.63) is 23.9 Å². The Labute approximate surface area is 155 Å². The average Bonchev–Trinajstić information content (AvgIpc) is 3.15. The van der Waals surface area contributed by atoms with Crippen LogP contribution in [-0.2, 0) is 11.3 Å². The smallest absolute Gasteiger partial charge is 0.311 e. The second-order valence-electron chi connectivity index (χ2n) is 8.27. The molecule has 2 atom stereocenters. The molecule has 3 aliphatic rings. The number of carboxylic acid groups (broad SMARTS) is 1. The van der Waals surface area contributed by atoms with Crippen molar-refractivity contribution in [3.63, 3.8) is 0 Å². The summed E-state index contributed by atoms with van der Waals surface area (Å²) in [6.45, 7) is 5.88. The molecule has 26 heavy (non-hydrogen) atoms. The number of aromatic nitrogens is 1. The molecule has 4 heterocycles. The minimum Gasteiger partial charge on any atom is -0.481 e. The fourth-order valence-corrected chi connectivity index (χ4v) is 5.09. The Bertz CT molecular complexity index is 644. The third kappa shape index (κ3) is 3.21. The van der Waals surface area contributed by atoms with Gasteiger partial charge >= 0.3 is 5.97 Å². The van der Waals surface area contributed by atoms with Gasteiger partial charge in [0.2, 0.25) is 0 Å². The maximum atomic E-state index is 12.0. The maximum absolute atomic E-state index is 12.0. The van der Waals surface area contributed by atoms with Crippen LogP contribution in [0.4, 0.5) is 5.82 Å². The summed E-state index contributed by atoms with van der Waals surface area (Å²) in [5.74, 6) is 0.357. The number of aliphatic carboxylic acids is 1. The van der Waals surface area contributed by atoms with Gasteiger partial charge in [0.15, 0.2) is 0 Å². The maximum Gasteiger partial charge on any atom is 0.311 e. The van der Waals surface area contributed by atoms with Gasteiger partial charge in [0.05, 0.1) is 5.41 Å². The topological polar surface area (TPSA) is 59.9 Å². The first-order valence-electron chi connectivity index (χ1n) is 9.94. The summed E-state index contributed by atoms with van der Waals surface area (Å²) in [5, 5.41) is 9.91. The van der Waals surface area contributed by atoms with Crippen LogP contribution in [0, 0.1) is 5.41 Å². The average molecular weight is 358 g/mol. The Morgan fingerprint density at radius 1 is 1.19 bits per heavy atom. The van der Waals surface area contributed by atoms with Crippen LogP contribution in [0.15, 0.2) is 18.3 Å². The molecule has 1 N–H and O–H groups in total. The predicted molar refractivity (Wildman–Crippen MR) is 101 cm³/mol. The van der Waals surface area contributed by atoms with E-state index in [4.69, 9.17) is 4.98 Å². The van der Waals surface area contributed by atoms with Crippen molar-refractivity contribution in [1.82, 2.24) is 14.8 Å². The molecule has 1 aromatic rings. The fraction of sp³-hybridized carbons (Fsp3) is 0.700. The van der Waals surface area contributed by atoms with Crippen LogP contribution < -0.4 is 4.90 Å². The van der Waals surface area contributed by atoms with Crippen LogP contribution in [0.25, 0.3) is 0 Å². The van der Waals surface area contributed by atoms with Gasteiger partial charge < -0.3 is 14.9 Å². The lowest BCUT2D eigenvalue weighted by Gasteiger charge is -2.52. The lowest BCUT2D eigenvalue weighted by atomic mass is 9.68. The van der Waals surface area contributed by atoms with Gasteiger partial charge in [-0.3, -0.25) is 9.69 Å². The Hall–Kier alpha value is -1.66. The number of likely N-dealkylation sites (N-methyl/N-ethyl adjacent to an activating group) is 1. The van der Waals surface area contributed by atoms with Gasteiger partial charge in [0, 0.05) is 31.9 Å². The summed E-state index contributed by atoms with van der Waals surface area (Å²) < 4.78 is 0. The molecule has 4 rings (SSSR count). The quantitative estimate of drug-likeness (QED) is 0.889. The molecule has 0 aliphatic carbocycles. The molecular weight excluding hydrogens is 328 g/mol. The van der Waals surface area contributed by atoms with Crippen LogP contribution in [0.2, 0.25) is 0 Å². The van der Waals surface area contributed by atoms with Crippen molar-refractivity contribution in [2.24, 2.45) is 5.41 Å². The van der Waals surface area contributed by atoms with Crippen molar-refractivity contribution in [2.45, 2.75) is 44.7 Å². The van der Waals surface area contributed by atoms with Gasteiger partial charge in [-0.15, -0.1) is 0 Å². The molecule has 6 nitrogen and oxygen atoms in total. The molecule has 0 unspecified atom stereocenters. The summed E-state index contributed by atoms with van der Waals surface area (Å²) in [6, 6.07) is 4.36. The largest absolute Gasteiger partial charge is 0.481 e. The number of anilines is 1. The number of likely N-dealkylation sites (tertiary alicyclic amines) is 2. The van der Waals surface area contributed by atoms with Crippen LogP contribution in [0.1, 0.15) is 37.7 Å². The van der Waals surface area contributed by atoms with Crippen LogP contribution in [-0.4, -0.2) is 71.7 Å². The van der Waals surface area contributed by atoms with Gasteiger partial charge in [-0.25, -0.2) is 4.98 Å². The molecule has 3 saturated heterocycles. The monoisotopic (exact) mass is 358 g/mol. The van der Waals surface area contributed by atoms with Crippen molar-refractivity contribution in [1.29, 1.82) is 0 Å². The van der Waals surface area contributed by atoms with Crippen LogP contribution >= 0.6 is 0 Å². The Kier molecular flexibility index (Phi) is 4.88. The highest BCUT2D eigenvalue weighted by atomic mass is 16.4. The lowest BCUT2D eigenvalue weighted by Crippen LogP contribution is -2.63. The van der Waals surface area contributed by atoms with E-state index in [1.165, 1.54) is 31.5 Å². The van der Waals surface area contributed by atoms with Gasteiger partial charge in [0.25, 0.3) is 0 Å². The van der Waals surface area contributed by atoms with E-state index in [0.29, 0.717) is 6.42 Å². The second-order valence-corrected chi connectivity index (χ2v) is 8.27. The highest BCUT2D eigenvalue weighted by Gasteiger charge is 2.52. The Balaban J connectivity index is 1.46. The van der Waals surface area contributed by atoms with Crippen molar-refractivity contribution in [2.75, 3.05) is 44.7 Å². The molecule has 0 amide bonds. The zero-order valence-electron chi connectivity index (χ0n) is 15.7. The summed E-state index contributed by atoms with van der Waals surface area (Å²) in [6.07, 6.45) is 7.08. The first-order chi connectivity index (χ1) is 12.6. The summed E-state index contributed by atoms with van der Waals surface area (Å²) in [5.41, 5.74) is 0.682. The highest BCUT2D eigenvalue weighted by molar-refractivity contribution is 5.76. The lowest BCUT2D eigenvalue weighted by molar-refractivity contribution is -0.158. The number of pyridine rings is 1. The van der Waals surface area contributed by atoms with Gasteiger partial charge in [0.1, 0.15) is 5.82 Å². The molecule has 6 heteroatoms. The van der Waals surface area contributed by atoms with Crippen molar-refractivity contribution >= 4 is 11.8 Å². The minimum atomic E-state index is -0.623. The van der Waals surface area contributed by atoms with E-state index in [-0.39, 0.29) is 6.04 Å². The first-order valence-corrected chi connectivity index (χ1v) is 9.94. The first kappa shape index (κ1) is 17.7. The molecule has 3 fully saturated rings. The fourth-order valence-electron chi connectivity index (χ4n) is 5.09. The van der Waals surface area contributed by atoms with Crippen molar-refractivity contribution in [3.8, 4) is 0 Å². The van der Waals surface area contributed by atoms with Gasteiger partial charge in [-0.05, 0) is 70.4 Å². The van der Waals surface area contributed by atoms with Crippen molar-refractivity contribution < 1.29 is 9.90 Å². The SMILES string of the molecule is CN1CCC[C@]2(C(=O)O)CCN(c3ccc(CN4CCCC4)cn3)C[C@@H]12. The zero-order valence-corrected chi connectivity index (χ0v) is 15.7. The summed E-state index contributed by atoms with van der Waals surface area (Å²) in [7, 11) is 2.07. The number of carboxylic acids is 1. The number of piperidine rings is 2. The Morgan fingerprint density at radius 3 is 2.69 bits per heavy atom. The van der Waals surface area contributed by atoms with E-state index in [1.54, 1.807) is 0 Å². The zero-order chi connectivity index (χ0) is 18.1. The number of nitrogens with zero attached hydrogens (tertiary/aromatic N) is 4. The number of hydrogen-bond acceptors (Lipinski definition) is 5. The summed E-state index contributed by atoms with van der Waals surface area (Å²) in [4.78, 5) is 23.7. The van der Waals surface area contributed by atoms with E-state index in [0.717, 1.165) is 44.8 Å². The molecule has 0 aromatic carbocycles. The number of rotatable bonds is 4. The number of fused-ring (bicyclic) bond motifs is 1. The van der Waals surface area contributed by atoms with E-state index in [9.17, 15) is 9.90 Å². The predicted octanol–water partition coefficient (Wildman–Crippen LogP) is 2.05. The molecule has 0 spiro atoms. The molecule has 142 valence electrons. The minimum absolute atomic E-state index is 0.0635. The molecule has 0 bridgehead atoms. The van der Waals surface area contributed by atoms with Crippen LogP contribution in [0.5, 0.6) is 0 Å². The van der Waals surface area contributed by atoms with E-state index < -0.39 is 11.4 Å². The highest BCUT2D eigenvalue weighted by Crippen LogP contribution is 2.42. The molecule has 3 aliphatic heterocycles. The molecular formula is C20H30N4O2. The third-order valence-corrected chi connectivity index (χ3v) is 6.69. The summed E-state index contributed by atoms with van der Waals surface area (Å²) >= 11 is 0. The number of hydrogen-bond donors (Lipinski definition) is 1. The third-order valence-electron chi connectivity index (χ3n) is 6.69. The Morgan fingerprint density at radius 2 is 2.00 bits per heavy atom. The van der Waals surface area contributed by atoms with Gasteiger partial charge in [-0.1, -0.05) is 6.07 Å². The van der Waals surface area contributed by atoms with E-state index >= 15 is 0 Å². The second kappa shape index (κ2) is 7.16. The number of carbonyl (C=O) groups is 1. The standard InChI is InChI=1S/C20H30N4O2/c1-22-9-4-7-20(19(25)26)8-12-24(15-17(20)22)18-6-5-16(13-21-18)14-23-10-2-3-11-23/h5-6,13,17H,2-4,7-12,14-15H2,1H3,(H,25,26)/t17-,20+/m1/s1. The van der Waals surface area contributed by atoms with Gasteiger partial charge in [-0.2, -0.15) is 0 Å². The van der Waals surface area contributed by atoms with E-state index in [1.807, 2.05) is 6.20 Å².